The summed E-state index contributed by atoms with van der Waals surface area (Å²) >= 11 is 0. The lowest BCUT2D eigenvalue weighted by Gasteiger charge is -2.19. The highest BCUT2D eigenvalue weighted by molar-refractivity contribution is 5.97. The quantitative estimate of drug-likeness (QED) is 0.377. The van der Waals surface area contributed by atoms with Crippen LogP contribution < -0.4 is 10.1 Å². The number of halogens is 2. The van der Waals surface area contributed by atoms with Crippen molar-refractivity contribution in [2.24, 2.45) is 0 Å². The number of rotatable bonds is 5. The molecule has 7 heteroatoms. The number of aromatic nitrogens is 2. The zero-order chi connectivity index (χ0) is 24.9. The number of nitrogens with zero attached hydrogens (tertiary/aromatic N) is 2. The fourth-order valence-corrected chi connectivity index (χ4v) is 5.13. The van der Waals surface area contributed by atoms with Crippen LogP contribution >= 0.6 is 0 Å². The van der Waals surface area contributed by atoms with Gasteiger partial charge >= 0.3 is 0 Å². The van der Waals surface area contributed by atoms with Crippen molar-refractivity contribution in [3.63, 3.8) is 0 Å². The molecule has 5 nitrogen and oxygen atoms in total. The highest BCUT2D eigenvalue weighted by Crippen LogP contribution is 2.36. The van der Waals surface area contributed by atoms with Crippen LogP contribution in [0.15, 0.2) is 48.5 Å². The van der Waals surface area contributed by atoms with E-state index in [1.165, 1.54) is 23.8 Å². The number of carbonyl (C=O) groups excluding carboxylic acids is 1. The van der Waals surface area contributed by atoms with E-state index in [1.54, 1.807) is 30.7 Å². The third kappa shape index (κ3) is 3.85. The Kier molecular flexibility index (Phi) is 5.79. The molecular weight excluding hydrogens is 448 g/mol. The Morgan fingerprint density at radius 1 is 1.11 bits per heavy atom. The van der Waals surface area contributed by atoms with Gasteiger partial charge in [-0.3, -0.25) is 4.79 Å². The Bertz CT molecular complexity index is 1440. The molecule has 0 fully saturated rings. The minimum Gasteiger partial charge on any atom is -0.497 e. The Hall–Kier alpha value is -3.74. The van der Waals surface area contributed by atoms with Gasteiger partial charge in [-0.2, -0.15) is 5.10 Å². The molecule has 0 bridgehead atoms. The number of amides is 1. The molecule has 5 rings (SSSR count). The zero-order valence-electron chi connectivity index (χ0n) is 20.2. The van der Waals surface area contributed by atoms with Crippen molar-refractivity contribution >= 4 is 11.4 Å². The van der Waals surface area contributed by atoms with Crippen molar-refractivity contribution in [3.8, 4) is 16.9 Å². The molecule has 0 spiro atoms. The van der Waals surface area contributed by atoms with Crippen molar-refractivity contribution < 1.29 is 18.3 Å². The molecule has 0 aliphatic heterocycles. The summed E-state index contributed by atoms with van der Waals surface area (Å²) in [5.41, 5.74) is 4.79. The molecule has 4 aromatic rings. The second kappa shape index (κ2) is 8.80. The van der Waals surface area contributed by atoms with Crippen LogP contribution in [0.5, 0.6) is 5.75 Å². The van der Waals surface area contributed by atoms with Gasteiger partial charge in [0.05, 0.1) is 41.2 Å². The van der Waals surface area contributed by atoms with E-state index in [2.05, 4.69) is 10.4 Å². The lowest BCUT2D eigenvalue weighted by molar-refractivity contribution is 0.0934. The Morgan fingerprint density at radius 2 is 1.86 bits per heavy atom. The van der Waals surface area contributed by atoms with Crippen molar-refractivity contribution in [2.45, 2.75) is 45.6 Å². The molecule has 0 radical (unpaired) electrons. The minimum absolute atomic E-state index is 0.0620. The Morgan fingerprint density at radius 3 is 2.54 bits per heavy atom. The minimum atomic E-state index is -0.647. The van der Waals surface area contributed by atoms with Crippen LogP contribution in [0, 0.1) is 18.6 Å². The molecule has 35 heavy (non-hydrogen) atoms. The monoisotopic (exact) mass is 475 g/mol. The fourth-order valence-electron chi connectivity index (χ4n) is 5.13. The zero-order valence-corrected chi connectivity index (χ0v) is 20.2. The number of aryl methyl sites for hydroxylation is 2. The Labute approximate surface area is 202 Å². The number of hydrogen-bond acceptors (Lipinski definition) is 3. The van der Waals surface area contributed by atoms with Gasteiger partial charge in [0, 0.05) is 5.56 Å². The van der Waals surface area contributed by atoms with Crippen LogP contribution in [0.4, 0.5) is 8.78 Å². The average Bonchev–Trinajstić information content (AvgIpc) is 3.38. The topological polar surface area (TPSA) is 55.6 Å². The van der Waals surface area contributed by atoms with E-state index in [0.29, 0.717) is 28.0 Å². The fraction of sp³-hybridized carbons (Fsp3) is 0.286. The highest BCUT2D eigenvalue weighted by atomic mass is 19.1. The number of carbonyl (C=O) groups is 1. The molecule has 0 saturated heterocycles. The maximum Gasteiger partial charge on any atom is 0.253 e. The van der Waals surface area contributed by atoms with Crippen LogP contribution in [0.1, 0.15) is 65.1 Å². The predicted molar refractivity (Wildman–Crippen MR) is 131 cm³/mol. The first-order valence-electron chi connectivity index (χ1n) is 11.7. The number of benzene rings is 2. The second-order valence-electron chi connectivity index (χ2n) is 9.27. The van der Waals surface area contributed by atoms with Crippen LogP contribution in [0.3, 0.4) is 0 Å². The molecule has 2 aromatic carbocycles. The van der Waals surface area contributed by atoms with E-state index in [9.17, 15) is 13.6 Å². The van der Waals surface area contributed by atoms with E-state index in [4.69, 9.17) is 4.74 Å². The standard InChI is InChI=1S/C28H27F2N3O2/c1-15(2)27-19(28(34)31-23-12-9-17-8-10-18(35-4)14-20(17)23)11-13-24-25(16(3)32-33(24)27)26-21(29)6-5-7-22(26)30/h5-8,10-11,13-15,23H,9,12H2,1-4H3,(H,31,34). The van der Waals surface area contributed by atoms with Crippen LogP contribution in [-0.2, 0) is 6.42 Å². The molecule has 1 aliphatic carbocycles. The molecule has 180 valence electrons. The average molecular weight is 476 g/mol. The number of ether oxygens (including phenoxy) is 1. The van der Waals surface area contributed by atoms with E-state index >= 15 is 0 Å². The molecule has 1 N–H and O–H groups in total. The maximum atomic E-state index is 14.6. The van der Waals surface area contributed by atoms with Gasteiger partial charge in [0.25, 0.3) is 5.91 Å². The Balaban J connectivity index is 1.58. The normalized spacial score (nSPS) is 15.0. The summed E-state index contributed by atoms with van der Waals surface area (Å²) < 4.78 is 36.3. The summed E-state index contributed by atoms with van der Waals surface area (Å²) in [7, 11) is 1.63. The summed E-state index contributed by atoms with van der Waals surface area (Å²) in [6.07, 6.45) is 1.70. The third-order valence-corrected chi connectivity index (χ3v) is 6.75. The SMILES string of the molecule is COc1ccc2c(c1)C(NC(=O)c1ccc3c(-c4c(F)cccc4F)c(C)nn3c1C(C)C)CC2. The lowest BCUT2D eigenvalue weighted by atomic mass is 9.99. The number of methoxy groups -OCH3 is 1. The smallest absolute Gasteiger partial charge is 0.253 e. The molecular formula is C28H27F2N3O2. The first kappa shape index (κ1) is 23.0. The van der Waals surface area contributed by atoms with Gasteiger partial charge in [-0.1, -0.05) is 26.0 Å². The van der Waals surface area contributed by atoms with Gasteiger partial charge in [-0.25, -0.2) is 13.3 Å². The number of nitrogens with one attached hydrogen (secondary N) is 1. The molecule has 2 heterocycles. The van der Waals surface area contributed by atoms with Gasteiger partial charge < -0.3 is 10.1 Å². The van der Waals surface area contributed by atoms with Crippen LogP contribution in [-0.4, -0.2) is 22.6 Å². The third-order valence-electron chi connectivity index (χ3n) is 6.75. The van der Waals surface area contributed by atoms with Gasteiger partial charge in [0.15, 0.2) is 0 Å². The molecule has 2 aromatic heterocycles. The van der Waals surface area contributed by atoms with Crippen LogP contribution in [0.25, 0.3) is 16.6 Å². The summed E-state index contributed by atoms with van der Waals surface area (Å²) in [6, 6.07) is 13.1. The lowest BCUT2D eigenvalue weighted by Crippen LogP contribution is -2.29. The molecule has 1 unspecified atom stereocenters. The largest absolute Gasteiger partial charge is 0.497 e. The molecule has 1 atom stereocenters. The van der Waals surface area contributed by atoms with E-state index < -0.39 is 11.6 Å². The summed E-state index contributed by atoms with van der Waals surface area (Å²) in [4.78, 5) is 13.5. The number of hydrogen-bond donors (Lipinski definition) is 1. The first-order chi connectivity index (χ1) is 16.8. The summed E-state index contributed by atoms with van der Waals surface area (Å²) in [5.74, 6) is -0.803. The van der Waals surface area contributed by atoms with Crippen LogP contribution in [0.2, 0.25) is 0 Å². The summed E-state index contributed by atoms with van der Waals surface area (Å²) in [6.45, 7) is 5.67. The van der Waals surface area contributed by atoms with Crippen molar-refractivity contribution in [2.75, 3.05) is 7.11 Å². The number of fused-ring (bicyclic) bond motifs is 2. The molecule has 0 saturated carbocycles. The first-order valence-corrected chi connectivity index (χ1v) is 11.7. The summed E-state index contributed by atoms with van der Waals surface area (Å²) in [5, 5.41) is 7.79. The predicted octanol–water partition coefficient (Wildman–Crippen LogP) is 6.14. The van der Waals surface area contributed by atoms with Gasteiger partial charge in [-0.05, 0) is 73.2 Å². The highest BCUT2D eigenvalue weighted by Gasteiger charge is 2.28. The van der Waals surface area contributed by atoms with Crippen molar-refractivity contribution in [1.29, 1.82) is 0 Å². The number of pyridine rings is 1. The molecule has 1 amide bonds. The van der Waals surface area contributed by atoms with Gasteiger partial charge in [-0.15, -0.1) is 0 Å². The second-order valence-corrected chi connectivity index (χ2v) is 9.27. The van der Waals surface area contributed by atoms with Gasteiger partial charge in [0.1, 0.15) is 17.4 Å². The van der Waals surface area contributed by atoms with E-state index in [1.807, 2.05) is 32.0 Å². The van der Waals surface area contributed by atoms with E-state index in [0.717, 1.165) is 24.2 Å². The van der Waals surface area contributed by atoms with Crippen molar-refractivity contribution in [1.82, 2.24) is 14.9 Å². The maximum absolute atomic E-state index is 14.6. The van der Waals surface area contributed by atoms with Crippen molar-refractivity contribution in [3.05, 3.63) is 88.2 Å². The molecule has 1 aliphatic rings. The van der Waals surface area contributed by atoms with E-state index in [-0.39, 0.29) is 23.4 Å². The van der Waals surface area contributed by atoms with Gasteiger partial charge in [0.2, 0.25) is 0 Å².